The van der Waals surface area contributed by atoms with E-state index in [9.17, 15) is 5.11 Å². The van der Waals surface area contributed by atoms with E-state index in [1.807, 2.05) is 6.08 Å². The largest absolute Gasteiger partial charge is 0.512 e. The third kappa shape index (κ3) is 1.50. The maximum absolute atomic E-state index is 10.6. The molecule has 3 fully saturated rings. The van der Waals surface area contributed by atoms with Gasteiger partial charge in [0.1, 0.15) is 0 Å². The van der Waals surface area contributed by atoms with Gasteiger partial charge in [0, 0.05) is 5.41 Å². The number of fused-ring (bicyclic) bond motifs is 5. The molecule has 0 radical (unpaired) electrons. The molecule has 1 N–H and O–H groups in total. The van der Waals surface area contributed by atoms with Gasteiger partial charge in [0.25, 0.3) is 0 Å². The molecule has 110 valence electrons. The standard InChI is InChI=1S/C19H28O/c1-18-11-4-6-15(18)14-9-8-13-5-3-7-17(20)19(13,2)16(14)10-12-18/h3,5,7,13-16,20H,4,6,8-12H2,1-2H3/t13?,14-,15-,16-,18-,19-/m0/s1. The Kier molecular flexibility index (Phi) is 2.69. The third-order valence-corrected chi connectivity index (χ3v) is 7.72. The normalized spacial score (nSPS) is 53.8. The van der Waals surface area contributed by atoms with Crippen LogP contribution in [0.25, 0.3) is 0 Å². The molecule has 6 atom stereocenters. The molecule has 1 unspecified atom stereocenters. The van der Waals surface area contributed by atoms with Crippen LogP contribution in [0.1, 0.15) is 58.8 Å². The van der Waals surface area contributed by atoms with Crippen LogP contribution in [0.5, 0.6) is 0 Å². The van der Waals surface area contributed by atoms with Gasteiger partial charge < -0.3 is 5.11 Å². The van der Waals surface area contributed by atoms with Gasteiger partial charge in [0.05, 0.1) is 5.76 Å². The summed E-state index contributed by atoms with van der Waals surface area (Å²) < 4.78 is 0. The van der Waals surface area contributed by atoms with E-state index in [-0.39, 0.29) is 5.41 Å². The molecule has 0 bridgehead atoms. The molecule has 1 nitrogen and oxygen atoms in total. The maximum atomic E-state index is 10.6. The number of allylic oxidation sites excluding steroid dienone is 4. The monoisotopic (exact) mass is 272 g/mol. The minimum Gasteiger partial charge on any atom is -0.512 e. The van der Waals surface area contributed by atoms with E-state index >= 15 is 0 Å². The van der Waals surface area contributed by atoms with Gasteiger partial charge in [-0.2, -0.15) is 0 Å². The Hall–Kier alpha value is -0.720. The van der Waals surface area contributed by atoms with Crippen molar-refractivity contribution in [2.45, 2.75) is 58.8 Å². The average molecular weight is 272 g/mol. The van der Waals surface area contributed by atoms with Crippen molar-refractivity contribution in [1.29, 1.82) is 0 Å². The second kappa shape index (κ2) is 4.15. The van der Waals surface area contributed by atoms with Crippen molar-refractivity contribution < 1.29 is 5.11 Å². The van der Waals surface area contributed by atoms with Gasteiger partial charge in [0.2, 0.25) is 0 Å². The lowest BCUT2D eigenvalue weighted by Gasteiger charge is -2.58. The van der Waals surface area contributed by atoms with E-state index in [0.29, 0.717) is 23.0 Å². The summed E-state index contributed by atoms with van der Waals surface area (Å²) in [6.07, 6.45) is 16.1. The highest BCUT2D eigenvalue weighted by Crippen LogP contribution is 2.65. The van der Waals surface area contributed by atoms with Crippen LogP contribution >= 0.6 is 0 Å². The number of rotatable bonds is 0. The van der Waals surface area contributed by atoms with E-state index in [0.717, 1.165) is 11.8 Å². The molecule has 0 spiro atoms. The third-order valence-electron chi connectivity index (χ3n) is 7.72. The van der Waals surface area contributed by atoms with Crippen molar-refractivity contribution in [3.05, 3.63) is 24.0 Å². The fourth-order valence-electron chi connectivity index (χ4n) is 6.51. The predicted molar refractivity (Wildman–Crippen MR) is 82.3 cm³/mol. The van der Waals surface area contributed by atoms with E-state index in [2.05, 4.69) is 26.0 Å². The summed E-state index contributed by atoms with van der Waals surface area (Å²) in [5.74, 6) is 3.73. The number of aliphatic hydroxyl groups excluding tert-OH is 1. The van der Waals surface area contributed by atoms with Crippen LogP contribution in [0.2, 0.25) is 0 Å². The summed E-state index contributed by atoms with van der Waals surface area (Å²) in [5.41, 5.74) is 0.649. The molecule has 0 saturated heterocycles. The molecule has 3 saturated carbocycles. The van der Waals surface area contributed by atoms with Gasteiger partial charge in [-0.3, -0.25) is 0 Å². The van der Waals surface area contributed by atoms with Crippen LogP contribution in [0.3, 0.4) is 0 Å². The Morgan fingerprint density at radius 2 is 1.90 bits per heavy atom. The molecule has 4 rings (SSSR count). The van der Waals surface area contributed by atoms with Gasteiger partial charge >= 0.3 is 0 Å². The van der Waals surface area contributed by atoms with Crippen molar-refractivity contribution in [3.8, 4) is 0 Å². The topological polar surface area (TPSA) is 20.2 Å². The van der Waals surface area contributed by atoms with Crippen LogP contribution in [0.15, 0.2) is 24.0 Å². The smallest absolute Gasteiger partial charge is 0.0990 e. The Morgan fingerprint density at radius 1 is 1.05 bits per heavy atom. The Bertz CT molecular complexity index is 476. The first-order valence-electron chi connectivity index (χ1n) is 8.64. The van der Waals surface area contributed by atoms with Crippen LogP contribution in [0.4, 0.5) is 0 Å². The fourth-order valence-corrected chi connectivity index (χ4v) is 6.51. The Labute approximate surface area is 123 Å². The van der Waals surface area contributed by atoms with E-state index in [1.165, 1.54) is 44.9 Å². The summed E-state index contributed by atoms with van der Waals surface area (Å²) in [6, 6.07) is 0. The Balaban J connectivity index is 1.72. The van der Waals surface area contributed by atoms with Crippen LogP contribution < -0.4 is 0 Å². The minimum atomic E-state index is 0.0294. The predicted octanol–water partition coefficient (Wildman–Crippen LogP) is 5.25. The summed E-state index contributed by atoms with van der Waals surface area (Å²) >= 11 is 0. The van der Waals surface area contributed by atoms with E-state index in [4.69, 9.17) is 0 Å². The van der Waals surface area contributed by atoms with Gasteiger partial charge in [-0.15, -0.1) is 0 Å². The van der Waals surface area contributed by atoms with Gasteiger partial charge in [-0.05, 0) is 73.7 Å². The van der Waals surface area contributed by atoms with Crippen LogP contribution in [-0.4, -0.2) is 5.11 Å². The first-order valence-corrected chi connectivity index (χ1v) is 8.64. The van der Waals surface area contributed by atoms with Crippen molar-refractivity contribution in [3.63, 3.8) is 0 Å². The quantitative estimate of drug-likeness (QED) is 0.638. The summed E-state index contributed by atoms with van der Waals surface area (Å²) in [5, 5.41) is 10.6. The lowest BCUT2D eigenvalue weighted by Crippen LogP contribution is -2.51. The molecule has 1 heteroatoms. The zero-order chi connectivity index (χ0) is 14.0. The molecule has 20 heavy (non-hydrogen) atoms. The molecule has 0 aromatic carbocycles. The second-order valence-electron chi connectivity index (χ2n) is 8.37. The minimum absolute atomic E-state index is 0.0294. The zero-order valence-electron chi connectivity index (χ0n) is 12.9. The highest BCUT2D eigenvalue weighted by molar-refractivity contribution is 5.27. The molecular weight excluding hydrogens is 244 g/mol. The van der Waals surface area contributed by atoms with Gasteiger partial charge in [0.15, 0.2) is 0 Å². The molecule has 0 aromatic rings. The molecule has 4 aliphatic carbocycles. The average Bonchev–Trinajstić information content (AvgIpc) is 2.82. The van der Waals surface area contributed by atoms with Gasteiger partial charge in [-0.25, -0.2) is 0 Å². The summed E-state index contributed by atoms with van der Waals surface area (Å²) in [4.78, 5) is 0. The highest BCUT2D eigenvalue weighted by atomic mass is 16.3. The summed E-state index contributed by atoms with van der Waals surface area (Å²) in [7, 11) is 0. The molecule has 0 heterocycles. The van der Waals surface area contributed by atoms with Crippen molar-refractivity contribution in [2.24, 2.45) is 34.5 Å². The molecular formula is C19H28O. The lowest BCUT2D eigenvalue weighted by molar-refractivity contribution is -0.0738. The first kappa shape index (κ1) is 13.0. The molecule has 0 aromatic heterocycles. The van der Waals surface area contributed by atoms with E-state index < -0.39 is 0 Å². The lowest BCUT2D eigenvalue weighted by atomic mass is 9.47. The number of hydrogen-bond acceptors (Lipinski definition) is 1. The van der Waals surface area contributed by atoms with Crippen molar-refractivity contribution in [2.75, 3.05) is 0 Å². The molecule has 0 aliphatic heterocycles. The second-order valence-corrected chi connectivity index (χ2v) is 8.37. The van der Waals surface area contributed by atoms with E-state index in [1.54, 1.807) is 0 Å². The SMILES string of the molecule is C[C@@]12CCC[C@H]1[C@@H]1CCC3C=CC=C(O)[C@]3(C)[C@H]1CC2. The maximum Gasteiger partial charge on any atom is 0.0990 e. The van der Waals surface area contributed by atoms with Gasteiger partial charge in [-0.1, -0.05) is 32.4 Å². The molecule has 4 aliphatic rings. The van der Waals surface area contributed by atoms with Crippen LogP contribution in [-0.2, 0) is 0 Å². The highest BCUT2D eigenvalue weighted by Gasteiger charge is 2.58. The van der Waals surface area contributed by atoms with Crippen molar-refractivity contribution >= 4 is 0 Å². The fraction of sp³-hybridized carbons (Fsp3) is 0.789. The zero-order valence-corrected chi connectivity index (χ0v) is 12.9. The molecule has 0 amide bonds. The van der Waals surface area contributed by atoms with Crippen LogP contribution in [0, 0.1) is 34.5 Å². The summed E-state index contributed by atoms with van der Waals surface area (Å²) in [6.45, 7) is 4.90. The number of hydrogen-bond donors (Lipinski definition) is 1. The first-order chi connectivity index (χ1) is 9.56. The number of aliphatic hydroxyl groups is 1. The Morgan fingerprint density at radius 3 is 2.75 bits per heavy atom. The van der Waals surface area contributed by atoms with Crippen molar-refractivity contribution in [1.82, 2.24) is 0 Å².